The SMILES string of the molecule is CCCCCCCCC=CCCCCCCCCNCCCCCCCCC=CCCCCCCCC.F. The molecule has 0 atom stereocenters. The van der Waals surface area contributed by atoms with Crippen molar-refractivity contribution >= 4 is 0 Å². The number of halogens is 1. The van der Waals surface area contributed by atoms with Gasteiger partial charge in [-0.2, -0.15) is 0 Å². The van der Waals surface area contributed by atoms with Crippen LogP contribution in [0.15, 0.2) is 24.3 Å². The minimum absolute atomic E-state index is 0. The van der Waals surface area contributed by atoms with Gasteiger partial charge in [0.15, 0.2) is 0 Å². The van der Waals surface area contributed by atoms with E-state index >= 15 is 0 Å². The van der Waals surface area contributed by atoms with Crippen molar-refractivity contribution < 1.29 is 4.70 Å². The zero-order valence-electron chi connectivity index (χ0n) is 26.4. The fourth-order valence-corrected chi connectivity index (χ4v) is 5.12. The van der Waals surface area contributed by atoms with Crippen molar-refractivity contribution in [3.8, 4) is 0 Å². The molecule has 0 heterocycles. The fraction of sp³-hybridized carbons (Fsp3) is 0.889. The number of hydrogen-bond donors (Lipinski definition) is 1. The summed E-state index contributed by atoms with van der Waals surface area (Å²) in [4.78, 5) is 0. The van der Waals surface area contributed by atoms with E-state index < -0.39 is 0 Å². The second-order valence-electron chi connectivity index (χ2n) is 11.6. The van der Waals surface area contributed by atoms with Gasteiger partial charge in [-0.1, -0.05) is 154 Å². The lowest BCUT2D eigenvalue weighted by Crippen LogP contribution is -2.16. The van der Waals surface area contributed by atoms with Crippen LogP contribution in [0.1, 0.15) is 194 Å². The van der Waals surface area contributed by atoms with E-state index in [1.54, 1.807) is 0 Å². The maximum atomic E-state index is 3.67. The first kappa shape index (κ1) is 39.5. The molecule has 0 amide bonds. The zero-order chi connectivity index (χ0) is 26.7. The Labute approximate surface area is 240 Å². The molecule has 0 aromatic heterocycles. The van der Waals surface area contributed by atoms with E-state index in [2.05, 4.69) is 43.5 Å². The Morgan fingerprint density at radius 1 is 0.316 bits per heavy atom. The Bertz CT molecular complexity index is 405. The van der Waals surface area contributed by atoms with E-state index in [1.165, 1.54) is 193 Å². The molecule has 228 valence electrons. The van der Waals surface area contributed by atoms with Gasteiger partial charge in [-0.25, -0.2) is 0 Å². The molecule has 1 N–H and O–H groups in total. The molecule has 0 aliphatic carbocycles. The lowest BCUT2D eigenvalue weighted by molar-refractivity contribution is 0.539. The molecule has 0 aliphatic heterocycles. The van der Waals surface area contributed by atoms with Gasteiger partial charge in [0, 0.05) is 0 Å². The highest BCUT2D eigenvalue weighted by Crippen LogP contribution is 2.11. The molecule has 0 bridgehead atoms. The van der Waals surface area contributed by atoms with Crippen molar-refractivity contribution in [3.05, 3.63) is 24.3 Å². The van der Waals surface area contributed by atoms with E-state index in [4.69, 9.17) is 0 Å². The van der Waals surface area contributed by atoms with Crippen LogP contribution in [0.2, 0.25) is 0 Å². The third-order valence-electron chi connectivity index (χ3n) is 7.73. The molecule has 0 fully saturated rings. The van der Waals surface area contributed by atoms with Crippen molar-refractivity contribution in [2.45, 2.75) is 194 Å². The van der Waals surface area contributed by atoms with Gasteiger partial charge in [0.05, 0.1) is 0 Å². The monoisotopic (exact) mass is 538 g/mol. The topological polar surface area (TPSA) is 12.0 Å². The molecule has 1 nitrogen and oxygen atoms in total. The summed E-state index contributed by atoms with van der Waals surface area (Å²) in [5.41, 5.74) is 0. The molecule has 0 aromatic carbocycles. The average molecular weight is 538 g/mol. The van der Waals surface area contributed by atoms with Gasteiger partial charge in [0.25, 0.3) is 0 Å². The fourth-order valence-electron chi connectivity index (χ4n) is 5.12. The van der Waals surface area contributed by atoms with Crippen molar-refractivity contribution in [2.75, 3.05) is 13.1 Å². The van der Waals surface area contributed by atoms with Gasteiger partial charge in [-0.05, 0) is 77.3 Å². The first-order chi connectivity index (χ1) is 18.4. The highest BCUT2D eigenvalue weighted by atomic mass is 19.0. The summed E-state index contributed by atoms with van der Waals surface area (Å²) >= 11 is 0. The maximum absolute atomic E-state index is 3.67. The van der Waals surface area contributed by atoms with Gasteiger partial charge < -0.3 is 5.32 Å². The van der Waals surface area contributed by atoms with Crippen LogP contribution in [0.5, 0.6) is 0 Å². The van der Waals surface area contributed by atoms with Crippen LogP contribution in [0.3, 0.4) is 0 Å². The highest BCUT2D eigenvalue weighted by Gasteiger charge is 1.94. The number of rotatable bonds is 32. The van der Waals surface area contributed by atoms with Crippen LogP contribution in [0, 0.1) is 0 Å². The van der Waals surface area contributed by atoms with Gasteiger partial charge in [0.2, 0.25) is 0 Å². The van der Waals surface area contributed by atoms with E-state index in [9.17, 15) is 0 Å². The van der Waals surface area contributed by atoms with Crippen molar-refractivity contribution in [1.82, 2.24) is 5.32 Å². The second-order valence-corrected chi connectivity index (χ2v) is 11.6. The highest BCUT2D eigenvalue weighted by molar-refractivity contribution is 4.82. The summed E-state index contributed by atoms with van der Waals surface area (Å²) < 4.78 is 0. The summed E-state index contributed by atoms with van der Waals surface area (Å²) in [6.07, 6.45) is 48.8. The van der Waals surface area contributed by atoms with Crippen LogP contribution < -0.4 is 5.32 Å². The van der Waals surface area contributed by atoms with Gasteiger partial charge in [-0.3, -0.25) is 4.70 Å². The Kier molecular flexibility index (Phi) is 40.1. The quantitative estimate of drug-likeness (QED) is 0.0664. The number of allylic oxidation sites excluding steroid dienone is 4. The molecular weight excluding hydrogens is 465 g/mol. The minimum atomic E-state index is 0. The molecule has 0 unspecified atom stereocenters. The zero-order valence-corrected chi connectivity index (χ0v) is 26.4. The molecule has 0 saturated carbocycles. The third-order valence-corrected chi connectivity index (χ3v) is 7.73. The van der Waals surface area contributed by atoms with Gasteiger partial charge >= 0.3 is 0 Å². The first-order valence-corrected chi connectivity index (χ1v) is 17.4. The third kappa shape index (κ3) is 37.5. The Hall–Kier alpha value is -0.630. The summed E-state index contributed by atoms with van der Waals surface area (Å²) in [6, 6.07) is 0. The molecular formula is C36H72FN. The summed E-state index contributed by atoms with van der Waals surface area (Å²) in [5.74, 6) is 0. The van der Waals surface area contributed by atoms with Crippen molar-refractivity contribution in [3.63, 3.8) is 0 Å². The Morgan fingerprint density at radius 3 is 0.842 bits per heavy atom. The minimum Gasteiger partial charge on any atom is -0.317 e. The van der Waals surface area contributed by atoms with Gasteiger partial charge in [0.1, 0.15) is 0 Å². The van der Waals surface area contributed by atoms with E-state index in [-0.39, 0.29) is 4.70 Å². The number of unbranched alkanes of at least 4 members (excludes halogenated alkanes) is 24. The molecule has 0 aliphatic rings. The van der Waals surface area contributed by atoms with E-state index in [0.717, 1.165) is 0 Å². The number of nitrogens with one attached hydrogen (secondary N) is 1. The number of hydrogen-bond acceptors (Lipinski definition) is 1. The van der Waals surface area contributed by atoms with Gasteiger partial charge in [-0.15, -0.1) is 0 Å². The summed E-state index contributed by atoms with van der Waals surface area (Å²) in [5, 5.41) is 3.67. The van der Waals surface area contributed by atoms with Crippen LogP contribution in [-0.2, 0) is 0 Å². The summed E-state index contributed by atoms with van der Waals surface area (Å²) in [6.45, 7) is 7.04. The Balaban J connectivity index is 0. The molecule has 0 radical (unpaired) electrons. The van der Waals surface area contributed by atoms with Crippen molar-refractivity contribution in [2.24, 2.45) is 0 Å². The predicted molar refractivity (Wildman–Crippen MR) is 174 cm³/mol. The molecule has 0 aromatic rings. The largest absolute Gasteiger partial charge is 0.317 e. The summed E-state index contributed by atoms with van der Waals surface area (Å²) in [7, 11) is 0. The molecule has 0 saturated heterocycles. The molecule has 0 rings (SSSR count). The predicted octanol–water partition coefficient (Wildman–Crippen LogP) is 12.8. The lowest BCUT2D eigenvalue weighted by Gasteiger charge is -2.05. The normalized spacial score (nSPS) is 11.6. The second kappa shape index (κ2) is 38.5. The van der Waals surface area contributed by atoms with E-state index in [1.807, 2.05) is 0 Å². The lowest BCUT2D eigenvalue weighted by atomic mass is 10.1. The van der Waals surface area contributed by atoms with Crippen LogP contribution >= 0.6 is 0 Å². The van der Waals surface area contributed by atoms with Crippen LogP contribution in [0.4, 0.5) is 4.70 Å². The van der Waals surface area contributed by atoms with Crippen LogP contribution in [-0.4, -0.2) is 13.1 Å². The van der Waals surface area contributed by atoms with Crippen LogP contribution in [0.25, 0.3) is 0 Å². The van der Waals surface area contributed by atoms with E-state index in [0.29, 0.717) is 0 Å². The first-order valence-electron chi connectivity index (χ1n) is 17.4. The van der Waals surface area contributed by atoms with Crippen molar-refractivity contribution in [1.29, 1.82) is 0 Å². The standard InChI is InChI=1S/C36H71N.FH/c1-3-5-7-9-11-13-15-17-19-21-23-25-27-29-31-33-35-37-36-34-32-30-28-26-24-22-20-18-16-14-12-10-8-6-4-2;/h17-20,37H,3-16,21-36H2,1-2H3;1H. The molecule has 2 heteroatoms. The molecule has 0 spiro atoms. The molecule has 38 heavy (non-hydrogen) atoms. The smallest absolute Gasteiger partial charge is 0.00489 e. The average Bonchev–Trinajstić information content (AvgIpc) is 2.91. The maximum Gasteiger partial charge on any atom is -0.00489 e. The Morgan fingerprint density at radius 2 is 0.553 bits per heavy atom.